The minimum absolute atomic E-state index is 0. The molecule has 0 heterocycles. The van der Waals surface area contributed by atoms with Crippen LogP contribution in [0.25, 0.3) is 0 Å². The quantitative estimate of drug-likeness (QED) is 0.747. The standard InChI is InChI=1S/C9H13NO2S.Li/c1-3-10-13(11,12)9-6-4-8(2)5-7-9;/h4-7,10H,3H2,1-2H3;. The van der Waals surface area contributed by atoms with Crippen molar-refractivity contribution < 1.29 is 8.42 Å². The summed E-state index contributed by atoms with van der Waals surface area (Å²) in [6.45, 7) is 4.09. The van der Waals surface area contributed by atoms with Crippen LogP contribution < -0.4 is 4.72 Å². The van der Waals surface area contributed by atoms with Crippen molar-refractivity contribution in [3.8, 4) is 0 Å². The van der Waals surface area contributed by atoms with Gasteiger partial charge in [-0.2, -0.15) is 0 Å². The van der Waals surface area contributed by atoms with Crippen LogP contribution in [0, 0.1) is 6.92 Å². The molecule has 0 saturated carbocycles. The van der Waals surface area contributed by atoms with Gasteiger partial charge in [0.1, 0.15) is 0 Å². The summed E-state index contributed by atoms with van der Waals surface area (Å²) in [5.41, 5.74) is 1.05. The average molecular weight is 206 g/mol. The number of nitrogens with one attached hydrogen (secondary N) is 1. The van der Waals surface area contributed by atoms with Gasteiger partial charge >= 0.3 is 0 Å². The summed E-state index contributed by atoms with van der Waals surface area (Å²) >= 11 is 0. The van der Waals surface area contributed by atoms with E-state index in [0.29, 0.717) is 11.4 Å². The van der Waals surface area contributed by atoms with Crippen molar-refractivity contribution in [3.05, 3.63) is 29.8 Å². The molecule has 14 heavy (non-hydrogen) atoms. The molecule has 3 nitrogen and oxygen atoms in total. The first kappa shape index (κ1) is 13.7. The molecule has 0 aliphatic rings. The first-order valence-electron chi connectivity index (χ1n) is 4.12. The average Bonchev–Trinajstić information content (AvgIpc) is 2.05. The number of rotatable bonds is 3. The van der Waals surface area contributed by atoms with E-state index in [4.69, 9.17) is 0 Å². The van der Waals surface area contributed by atoms with Gasteiger partial charge < -0.3 is 0 Å². The Balaban J connectivity index is 0.00000169. The third-order valence-corrected chi connectivity index (χ3v) is 3.23. The number of hydrogen-bond donors (Lipinski definition) is 1. The Morgan fingerprint density at radius 2 is 1.71 bits per heavy atom. The molecule has 0 atom stereocenters. The number of aryl methyl sites for hydroxylation is 1. The summed E-state index contributed by atoms with van der Waals surface area (Å²) in [5, 5.41) is 0. The van der Waals surface area contributed by atoms with E-state index in [1.54, 1.807) is 31.2 Å². The van der Waals surface area contributed by atoms with Gasteiger partial charge in [0.15, 0.2) is 0 Å². The van der Waals surface area contributed by atoms with Crippen molar-refractivity contribution >= 4 is 28.9 Å². The summed E-state index contributed by atoms with van der Waals surface area (Å²) in [7, 11) is -3.28. The van der Waals surface area contributed by atoms with E-state index in [1.807, 2.05) is 6.92 Å². The predicted octanol–water partition coefficient (Wildman–Crippen LogP) is 0.912. The van der Waals surface area contributed by atoms with Crippen molar-refractivity contribution in [1.82, 2.24) is 4.72 Å². The molecule has 0 fully saturated rings. The third-order valence-electron chi connectivity index (χ3n) is 1.67. The van der Waals surface area contributed by atoms with Crippen molar-refractivity contribution in [2.45, 2.75) is 18.7 Å². The van der Waals surface area contributed by atoms with Crippen LogP contribution in [0.4, 0.5) is 0 Å². The molecular weight excluding hydrogens is 193 g/mol. The Morgan fingerprint density at radius 1 is 1.21 bits per heavy atom. The van der Waals surface area contributed by atoms with Gasteiger partial charge in [-0.1, -0.05) is 24.6 Å². The number of benzene rings is 1. The molecule has 1 rings (SSSR count). The van der Waals surface area contributed by atoms with Gasteiger partial charge in [0.05, 0.1) is 4.90 Å². The Bertz CT molecular complexity index is 372. The first-order chi connectivity index (χ1) is 6.06. The second kappa shape index (κ2) is 5.57. The second-order valence-electron chi connectivity index (χ2n) is 2.81. The number of hydrogen-bond acceptors (Lipinski definition) is 2. The van der Waals surface area contributed by atoms with E-state index in [1.165, 1.54) is 0 Å². The molecule has 1 radical (unpaired) electrons. The maximum Gasteiger partial charge on any atom is 0.240 e. The van der Waals surface area contributed by atoms with Crippen LogP contribution in [0.5, 0.6) is 0 Å². The minimum atomic E-state index is -3.28. The van der Waals surface area contributed by atoms with Crippen LogP contribution in [-0.4, -0.2) is 33.8 Å². The second-order valence-corrected chi connectivity index (χ2v) is 4.58. The molecule has 0 bridgehead atoms. The van der Waals surface area contributed by atoms with E-state index in [9.17, 15) is 8.42 Å². The summed E-state index contributed by atoms with van der Waals surface area (Å²) in [4.78, 5) is 0.319. The molecule has 0 saturated heterocycles. The summed E-state index contributed by atoms with van der Waals surface area (Å²) in [6, 6.07) is 6.77. The van der Waals surface area contributed by atoms with Crippen LogP contribution in [0.1, 0.15) is 12.5 Å². The maximum absolute atomic E-state index is 11.4. The van der Waals surface area contributed by atoms with Gasteiger partial charge in [-0.3, -0.25) is 0 Å². The fourth-order valence-corrected chi connectivity index (χ4v) is 2.03. The molecular formula is C9H13LiNO2S. The third kappa shape index (κ3) is 3.47. The predicted molar refractivity (Wildman–Crippen MR) is 57.8 cm³/mol. The molecule has 0 aliphatic carbocycles. The molecule has 0 amide bonds. The molecule has 73 valence electrons. The van der Waals surface area contributed by atoms with E-state index in [0.717, 1.165) is 5.56 Å². The Kier molecular flexibility index (Phi) is 5.46. The molecule has 0 unspecified atom stereocenters. The van der Waals surface area contributed by atoms with Crippen LogP contribution in [-0.2, 0) is 10.0 Å². The van der Waals surface area contributed by atoms with E-state index in [-0.39, 0.29) is 18.9 Å². The Labute approximate surface area is 97.1 Å². The zero-order valence-corrected chi connectivity index (χ0v) is 9.56. The molecule has 1 aromatic carbocycles. The van der Waals surface area contributed by atoms with Crippen LogP contribution in [0.3, 0.4) is 0 Å². The normalized spacial score (nSPS) is 10.7. The zero-order valence-electron chi connectivity index (χ0n) is 8.74. The van der Waals surface area contributed by atoms with E-state index >= 15 is 0 Å². The van der Waals surface area contributed by atoms with Gasteiger partial charge in [-0.05, 0) is 19.1 Å². The largest absolute Gasteiger partial charge is 0.240 e. The molecule has 5 heteroatoms. The van der Waals surface area contributed by atoms with Crippen LogP contribution in [0.2, 0.25) is 0 Å². The van der Waals surface area contributed by atoms with Crippen LogP contribution >= 0.6 is 0 Å². The Morgan fingerprint density at radius 3 is 2.14 bits per heavy atom. The van der Waals surface area contributed by atoms with Crippen LogP contribution in [0.15, 0.2) is 29.2 Å². The van der Waals surface area contributed by atoms with E-state index < -0.39 is 10.0 Å². The maximum atomic E-state index is 11.4. The number of sulfonamides is 1. The first-order valence-corrected chi connectivity index (χ1v) is 5.61. The topological polar surface area (TPSA) is 46.2 Å². The summed E-state index contributed by atoms with van der Waals surface area (Å²) in [5.74, 6) is 0. The minimum Gasteiger partial charge on any atom is -0.211 e. The van der Waals surface area contributed by atoms with Gasteiger partial charge in [0.25, 0.3) is 0 Å². The van der Waals surface area contributed by atoms with Crippen molar-refractivity contribution in [2.24, 2.45) is 0 Å². The smallest absolute Gasteiger partial charge is 0.211 e. The van der Waals surface area contributed by atoms with Gasteiger partial charge in [0.2, 0.25) is 10.0 Å². The monoisotopic (exact) mass is 206 g/mol. The fraction of sp³-hybridized carbons (Fsp3) is 0.333. The fourth-order valence-electron chi connectivity index (χ4n) is 0.991. The van der Waals surface area contributed by atoms with Gasteiger partial charge in [0, 0.05) is 25.4 Å². The van der Waals surface area contributed by atoms with Crippen molar-refractivity contribution in [3.63, 3.8) is 0 Å². The molecule has 1 N–H and O–H groups in total. The van der Waals surface area contributed by atoms with Crippen molar-refractivity contribution in [1.29, 1.82) is 0 Å². The zero-order chi connectivity index (χ0) is 9.90. The van der Waals surface area contributed by atoms with E-state index in [2.05, 4.69) is 4.72 Å². The summed E-state index contributed by atoms with van der Waals surface area (Å²) < 4.78 is 25.3. The molecule has 1 aromatic rings. The Hall–Kier alpha value is -0.273. The van der Waals surface area contributed by atoms with Gasteiger partial charge in [-0.25, -0.2) is 13.1 Å². The molecule has 0 aromatic heterocycles. The SMILES string of the molecule is CCNS(=O)(=O)c1ccc(C)cc1.[Li]. The molecule has 0 aliphatic heterocycles. The molecule has 0 spiro atoms. The van der Waals surface area contributed by atoms with Crippen molar-refractivity contribution in [2.75, 3.05) is 6.54 Å². The summed E-state index contributed by atoms with van der Waals surface area (Å²) in [6.07, 6.45) is 0. The van der Waals surface area contributed by atoms with Gasteiger partial charge in [-0.15, -0.1) is 0 Å².